The van der Waals surface area contributed by atoms with Gasteiger partial charge in [0.15, 0.2) is 0 Å². The Kier molecular flexibility index (Phi) is 5.68. The number of ether oxygens (including phenoxy) is 1. The topological polar surface area (TPSA) is 106 Å². The first-order chi connectivity index (χ1) is 13.1. The number of hydrogen-bond acceptors (Lipinski definition) is 7. The van der Waals surface area contributed by atoms with Gasteiger partial charge in [-0.1, -0.05) is 28.9 Å². The number of nitrogens with two attached hydrogens (primary N) is 1. The summed E-state index contributed by atoms with van der Waals surface area (Å²) in [5.74, 6) is 0.634. The molecule has 1 heterocycles. The lowest BCUT2D eigenvalue weighted by atomic mass is 10.2. The Bertz CT molecular complexity index is 984. The predicted octanol–water partition coefficient (Wildman–Crippen LogP) is 3.98. The minimum atomic E-state index is -0.326. The third kappa shape index (κ3) is 4.62. The maximum Gasteiger partial charge on any atom is 0.144 e. The molecule has 0 aliphatic carbocycles. The highest BCUT2D eigenvalue weighted by Gasteiger charge is 2.10. The molecule has 138 valence electrons. The highest BCUT2D eigenvalue weighted by Crippen LogP contribution is 2.30. The van der Waals surface area contributed by atoms with Crippen molar-refractivity contribution in [1.82, 2.24) is 9.97 Å². The standard InChI is InChI=1S/C18H15ClFN5O2/c19-15-7-13(25-18-14(8-24-26)17(21)22-10-23-18)4-5-16(15)27-9-11-2-1-3-12(20)6-11/h1-8,10,26H,9H2,(H3,21,22,23,25)/b24-8-. The van der Waals surface area contributed by atoms with Gasteiger partial charge in [0.25, 0.3) is 0 Å². The largest absolute Gasteiger partial charge is 0.487 e. The third-order valence-electron chi connectivity index (χ3n) is 3.58. The second kappa shape index (κ2) is 8.33. The molecule has 0 bridgehead atoms. The fraction of sp³-hybridized carbons (Fsp3) is 0.0556. The molecule has 7 nitrogen and oxygen atoms in total. The van der Waals surface area contributed by atoms with Crippen LogP contribution in [0.1, 0.15) is 11.1 Å². The number of nitrogens with one attached hydrogen (secondary N) is 1. The molecule has 9 heteroatoms. The maximum atomic E-state index is 13.2. The number of aromatic nitrogens is 2. The van der Waals surface area contributed by atoms with Crippen LogP contribution in [0.3, 0.4) is 0 Å². The molecule has 0 fully saturated rings. The number of nitrogen functional groups attached to an aromatic ring is 1. The summed E-state index contributed by atoms with van der Waals surface area (Å²) in [6.07, 6.45) is 2.42. The number of hydrogen-bond donors (Lipinski definition) is 3. The Morgan fingerprint density at radius 1 is 1.26 bits per heavy atom. The van der Waals surface area contributed by atoms with Gasteiger partial charge in [0.05, 0.1) is 16.8 Å². The van der Waals surface area contributed by atoms with Gasteiger partial charge in [-0.05, 0) is 35.9 Å². The fourth-order valence-corrected chi connectivity index (χ4v) is 2.55. The van der Waals surface area contributed by atoms with E-state index >= 15 is 0 Å². The van der Waals surface area contributed by atoms with Crippen molar-refractivity contribution in [2.45, 2.75) is 6.61 Å². The van der Waals surface area contributed by atoms with E-state index in [0.29, 0.717) is 33.4 Å². The van der Waals surface area contributed by atoms with Crippen LogP contribution in [0, 0.1) is 5.82 Å². The molecule has 0 atom stereocenters. The monoisotopic (exact) mass is 387 g/mol. The smallest absolute Gasteiger partial charge is 0.144 e. The summed E-state index contributed by atoms with van der Waals surface area (Å²) in [5.41, 5.74) is 7.40. The number of rotatable bonds is 6. The minimum Gasteiger partial charge on any atom is -0.487 e. The van der Waals surface area contributed by atoms with Gasteiger partial charge in [0.2, 0.25) is 0 Å². The molecule has 0 aliphatic rings. The molecule has 2 aromatic carbocycles. The third-order valence-corrected chi connectivity index (χ3v) is 3.87. The van der Waals surface area contributed by atoms with E-state index in [9.17, 15) is 4.39 Å². The normalized spacial score (nSPS) is 10.9. The Labute approximate surface area is 159 Å². The zero-order valence-corrected chi connectivity index (χ0v) is 14.7. The van der Waals surface area contributed by atoms with Gasteiger partial charge in [-0.3, -0.25) is 0 Å². The van der Waals surface area contributed by atoms with Crippen LogP contribution in [-0.4, -0.2) is 21.4 Å². The molecule has 0 aliphatic heterocycles. The molecule has 0 radical (unpaired) electrons. The lowest BCUT2D eigenvalue weighted by molar-refractivity contribution is 0.306. The van der Waals surface area contributed by atoms with Gasteiger partial charge < -0.3 is 21.0 Å². The van der Waals surface area contributed by atoms with Crippen molar-refractivity contribution < 1.29 is 14.3 Å². The first-order valence-electron chi connectivity index (χ1n) is 7.78. The van der Waals surface area contributed by atoms with Crippen LogP contribution in [0.25, 0.3) is 0 Å². The van der Waals surface area contributed by atoms with Crippen molar-refractivity contribution in [3.63, 3.8) is 0 Å². The van der Waals surface area contributed by atoms with Gasteiger partial charge in [-0.25, -0.2) is 14.4 Å². The van der Waals surface area contributed by atoms with E-state index in [-0.39, 0.29) is 18.2 Å². The average molecular weight is 388 g/mol. The first kappa shape index (κ1) is 18.4. The molecule has 0 saturated carbocycles. The summed E-state index contributed by atoms with van der Waals surface area (Å²) in [7, 11) is 0. The van der Waals surface area contributed by atoms with E-state index in [4.69, 9.17) is 27.3 Å². The van der Waals surface area contributed by atoms with E-state index in [2.05, 4.69) is 20.4 Å². The highest BCUT2D eigenvalue weighted by atomic mass is 35.5. The highest BCUT2D eigenvalue weighted by molar-refractivity contribution is 6.32. The number of oxime groups is 1. The molecule has 0 saturated heterocycles. The molecule has 3 aromatic rings. The van der Waals surface area contributed by atoms with Gasteiger partial charge in [-0.15, -0.1) is 0 Å². The van der Waals surface area contributed by atoms with Gasteiger partial charge in [0, 0.05) is 5.69 Å². The van der Waals surface area contributed by atoms with Crippen LogP contribution in [0.5, 0.6) is 5.75 Å². The van der Waals surface area contributed by atoms with Gasteiger partial charge in [-0.2, -0.15) is 0 Å². The molecular formula is C18H15ClFN5O2. The fourth-order valence-electron chi connectivity index (χ4n) is 2.31. The number of benzene rings is 2. The van der Waals surface area contributed by atoms with Crippen LogP contribution in [0.4, 0.5) is 21.7 Å². The van der Waals surface area contributed by atoms with Crippen molar-refractivity contribution in [3.8, 4) is 5.75 Å². The first-order valence-corrected chi connectivity index (χ1v) is 8.16. The van der Waals surface area contributed by atoms with Crippen molar-refractivity contribution in [3.05, 3.63) is 70.8 Å². The summed E-state index contributed by atoms with van der Waals surface area (Å²) < 4.78 is 18.9. The molecule has 0 unspecified atom stereocenters. The lowest BCUT2D eigenvalue weighted by Crippen LogP contribution is -2.05. The number of nitrogens with zero attached hydrogens (tertiary/aromatic N) is 3. The van der Waals surface area contributed by atoms with E-state index in [1.54, 1.807) is 30.3 Å². The van der Waals surface area contributed by atoms with Crippen molar-refractivity contribution in [1.29, 1.82) is 0 Å². The van der Waals surface area contributed by atoms with E-state index in [1.807, 2.05) is 0 Å². The van der Waals surface area contributed by atoms with Crippen LogP contribution in [-0.2, 0) is 6.61 Å². The Hall–Kier alpha value is -3.39. The molecule has 4 N–H and O–H groups in total. The zero-order chi connectivity index (χ0) is 19.2. The summed E-state index contributed by atoms with van der Waals surface area (Å²) >= 11 is 6.26. The minimum absolute atomic E-state index is 0.159. The van der Waals surface area contributed by atoms with Crippen molar-refractivity contribution >= 4 is 35.1 Å². The maximum absolute atomic E-state index is 13.2. The SMILES string of the molecule is Nc1ncnc(Nc2ccc(OCc3cccc(F)c3)c(Cl)c2)c1/C=N\O. The summed E-state index contributed by atoms with van der Waals surface area (Å²) in [4.78, 5) is 7.92. The summed E-state index contributed by atoms with van der Waals surface area (Å²) in [6.45, 7) is 0.184. The average Bonchev–Trinajstić information content (AvgIpc) is 2.64. The molecule has 27 heavy (non-hydrogen) atoms. The van der Waals surface area contributed by atoms with Crippen LogP contribution in [0.15, 0.2) is 53.9 Å². The molecule has 0 amide bonds. The summed E-state index contributed by atoms with van der Waals surface area (Å²) in [6, 6.07) is 11.2. The van der Waals surface area contributed by atoms with Crippen molar-refractivity contribution in [2.75, 3.05) is 11.1 Å². The zero-order valence-electron chi connectivity index (χ0n) is 13.9. The molecule has 3 rings (SSSR count). The molecular weight excluding hydrogens is 373 g/mol. The Morgan fingerprint density at radius 2 is 2.11 bits per heavy atom. The van der Waals surface area contributed by atoms with Crippen LogP contribution >= 0.6 is 11.6 Å². The number of halogens is 2. The van der Waals surface area contributed by atoms with Crippen LogP contribution in [0.2, 0.25) is 5.02 Å². The quantitative estimate of drug-likeness (QED) is 0.335. The lowest BCUT2D eigenvalue weighted by Gasteiger charge is -2.12. The van der Waals surface area contributed by atoms with Crippen LogP contribution < -0.4 is 15.8 Å². The summed E-state index contributed by atoms with van der Waals surface area (Å²) in [5, 5.41) is 15.1. The molecule has 0 spiro atoms. The van der Waals surface area contributed by atoms with Gasteiger partial charge in [0.1, 0.15) is 36.1 Å². The Morgan fingerprint density at radius 3 is 2.85 bits per heavy atom. The Balaban J connectivity index is 1.74. The van der Waals surface area contributed by atoms with Crippen molar-refractivity contribution in [2.24, 2.45) is 5.16 Å². The molecule has 1 aromatic heterocycles. The van der Waals surface area contributed by atoms with E-state index < -0.39 is 0 Å². The van der Waals surface area contributed by atoms with E-state index in [1.165, 1.54) is 18.5 Å². The van der Waals surface area contributed by atoms with E-state index in [0.717, 1.165) is 6.21 Å². The second-order valence-corrected chi connectivity index (χ2v) is 5.86. The predicted molar refractivity (Wildman–Crippen MR) is 101 cm³/mol. The number of anilines is 3. The second-order valence-electron chi connectivity index (χ2n) is 5.45. The van der Waals surface area contributed by atoms with Gasteiger partial charge >= 0.3 is 0 Å².